The highest BCUT2D eigenvalue weighted by Gasteiger charge is 2.73. The normalized spacial score (nSPS) is 35.2. The number of nitrogens with one attached hydrogen (secondary N) is 1. The van der Waals surface area contributed by atoms with E-state index in [1.807, 2.05) is 26.0 Å². The van der Waals surface area contributed by atoms with Gasteiger partial charge in [-0.1, -0.05) is 24.3 Å². The van der Waals surface area contributed by atoms with Gasteiger partial charge in [-0.15, -0.1) is 0 Å². The van der Waals surface area contributed by atoms with Gasteiger partial charge in [-0.25, -0.2) is 0 Å². The SMILES string of the molecule is CC(C)N1C/C=C\CCC(=O)NC[C@H](C)OC(=O)[C@@H]2[C@H]3C(=O)N(CCCCCO)[C@H](C1=O)[C@]31C=C[C@H]2O1. The maximum absolute atomic E-state index is 14.2. The topological polar surface area (TPSA) is 125 Å². The molecule has 4 rings (SSSR count). The monoisotopic (exact) mass is 517 g/mol. The summed E-state index contributed by atoms with van der Waals surface area (Å²) < 4.78 is 12.0. The van der Waals surface area contributed by atoms with Gasteiger partial charge in [-0.2, -0.15) is 0 Å². The van der Waals surface area contributed by atoms with Crippen LogP contribution in [0.3, 0.4) is 0 Å². The molecule has 0 aromatic carbocycles. The second-order valence-electron chi connectivity index (χ2n) is 10.7. The fourth-order valence-corrected chi connectivity index (χ4v) is 5.93. The molecule has 10 nitrogen and oxygen atoms in total. The molecule has 4 aliphatic rings. The van der Waals surface area contributed by atoms with Crippen LogP contribution in [0.4, 0.5) is 0 Å². The van der Waals surface area contributed by atoms with Crippen LogP contribution < -0.4 is 5.32 Å². The Kier molecular flexibility index (Phi) is 8.38. The number of likely N-dealkylation sites (tertiary alicyclic amines) is 1. The van der Waals surface area contributed by atoms with Gasteiger partial charge in [0.15, 0.2) is 0 Å². The summed E-state index contributed by atoms with van der Waals surface area (Å²) in [4.78, 5) is 56.9. The number of fused-ring (bicyclic) bond motifs is 2. The van der Waals surface area contributed by atoms with Crippen LogP contribution in [0.1, 0.15) is 52.9 Å². The lowest BCUT2D eigenvalue weighted by molar-refractivity contribution is -0.158. The van der Waals surface area contributed by atoms with Crippen molar-refractivity contribution in [3.05, 3.63) is 24.3 Å². The molecule has 5 bridgehead atoms. The van der Waals surface area contributed by atoms with E-state index >= 15 is 0 Å². The predicted octanol–water partition coefficient (Wildman–Crippen LogP) is 0.935. The van der Waals surface area contributed by atoms with E-state index in [4.69, 9.17) is 9.47 Å². The van der Waals surface area contributed by atoms with Crippen LogP contribution in [0.25, 0.3) is 0 Å². The van der Waals surface area contributed by atoms with E-state index in [2.05, 4.69) is 5.32 Å². The van der Waals surface area contributed by atoms with E-state index in [9.17, 15) is 24.3 Å². The van der Waals surface area contributed by atoms with E-state index < -0.39 is 41.7 Å². The van der Waals surface area contributed by atoms with Gasteiger partial charge < -0.3 is 29.7 Å². The molecule has 6 atom stereocenters. The van der Waals surface area contributed by atoms with Crippen molar-refractivity contribution in [2.75, 3.05) is 26.2 Å². The lowest BCUT2D eigenvalue weighted by Gasteiger charge is -2.37. The molecular weight excluding hydrogens is 478 g/mol. The summed E-state index contributed by atoms with van der Waals surface area (Å²) in [5.74, 6) is -2.94. The van der Waals surface area contributed by atoms with Crippen molar-refractivity contribution in [2.45, 2.75) is 82.8 Å². The Morgan fingerprint density at radius 1 is 1.14 bits per heavy atom. The molecule has 2 saturated heterocycles. The third-order valence-electron chi connectivity index (χ3n) is 7.75. The predicted molar refractivity (Wildman–Crippen MR) is 134 cm³/mol. The molecule has 0 radical (unpaired) electrons. The van der Waals surface area contributed by atoms with Gasteiger partial charge in [0.25, 0.3) is 0 Å². The van der Waals surface area contributed by atoms with Gasteiger partial charge in [0.05, 0.1) is 18.6 Å². The third-order valence-corrected chi connectivity index (χ3v) is 7.75. The van der Waals surface area contributed by atoms with Crippen molar-refractivity contribution in [3.63, 3.8) is 0 Å². The van der Waals surface area contributed by atoms with Crippen molar-refractivity contribution in [2.24, 2.45) is 11.8 Å². The van der Waals surface area contributed by atoms with Crippen LogP contribution >= 0.6 is 0 Å². The average molecular weight is 518 g/mol. The first-order valence-electron chi connectivity index (χ1n) is 13.4. The fourth-order valence-electron chi connectivity index (χ4n) is 5.93. The maximum Gasteiger partial charge on any atom is 0.313 e. The first-order valence-corrected chi connectivity index (χ1v) is 13.4. The molecule has 0 aromatic rings. The molecule has 0 unspecified atom stereocenters. The highest BCUT2D eigenvalue weighted by atomic mass is 16.6. The minimum absolute atomic E-state index is 0.0659. The molecule has 10 heteroatoms. The number of nitrogens with zero attached hydrogens (tertiary/aromatic N) is 2. The van der Waals surface area contributed by atoms with Gasteiger partial charge in [0, 0.05) is 32.2 Å². The van der Waals surface area contributed by atoms with E-state index in [1.165, 1.54) is 0 Å². The minimum Gasteiger partial charge on any atom is -0.460 e. The molecule has 0 saturated carbocycles. The summed E-state index contributed by atoms with van der Waals surface area (Å²) in [6, 6.07) is -1.04. The Labute approximate surface area is 218 Å². The summed E-state index contributed by atoms with van der Waals surface area (Å²) in [7, 11) is 0. The van der Waals surface area contributed by atoms with Gasteiger partial charge in [0.1, 0.15) is 23.7 Å². The zero-order valence-electron chi connectivity index (χ0n) is 21.9. The molecule has 2 fully saturated rings. The molecule has 3 amide bonds. The number of cyclic esters (lactones) is 1. The van der Waals surface area contributed by atoms with Gasteiger partial charge in [-0.3, -0.25) is 19.2 Å². The average Bonchev–Trinajstić information content (AvgIpc) is 3.49. The molecule has 0 aliphatic carbocycles. The number of rotatable bonds is 6. The van der Waals surface area contributed by atoms with Crippen molar-refractivity contribution < 1.29 is 33.8 Å². The van der Waals surface area contributed by atoms with Gasteiger partial charge in [0.2, 0.25) is 17.7 Å². The molecule has 37 heavy (non-hydrogen) atoms. The molecule has 1 spiro atoms. The number of carbonyl (C=O) groups excluding carboxylic acids is 4. The van der Waals surface area contributed by atoms with E-state index in [0.717, 1.165) is 0 Å². The third kappa shape index (κ3) is 5.18. The Bertz CT molecular complexity index is 964. The Morgan fingerprint density at radius 3 is 2.65 bits per heavy atom. The number of ether oxygens (including phenoxy) is 2. The number of carbonyl (C=O) groups is 4. The molecule has 2 N–H and O–H groups in total. The Morgan fingerprint density at radius 2 is 1.92 bits per heavy atom. The quantitative estimate of drug-likeness (QED) is 0.305. The molecule has 0 aromatic heterocycles. The number of hydrogen-bond donors (Lipinski definition) is 2. The van der Waals surface area contributed by atoms with E-state index in [1.54, 1.807) is 28.9 Å². The number of amides is 3. The van der Waals surface area contributed by atoms with E-state index in [0.29, 0.717) is 45.2 Å². The second-order valence-corrected chi connectivity index (χ2v) is 10.7. The smallest absolute Gasteiger partial charge is 0.313 e. The lowest BCUT2D eigenvalue weighted by Crippen LogP contribution is -2.57. The van der Waals surface area contributed by atoms with Crippen LogP contribution in [0.2, 0.25) is 0 Å². The second kappa shape index (κ2) is 11.3. The molecular formula is C27H39N3O7. The first-order chi connectivity index (χ1) is 17.7. The Balaban J connectivity index is 1.71. The highest BCUT2D eigenvalue weighted by molar-refractivity contribution is 5.99. The summed E-state index contributed by atoms with van der Waals surface area (Å²) in [6.45, 7) is 6.44. The maximum atomic E-state index is 14.2. The van der Waals surface area contributed by atoms with Crippen molar-refractivity contribution in [3.8, 4) is 0 Å². The highest BCUT2D eigenvalue weighted by Crippen LogP contribution is 2.55. The minimum atomic E-state index is -1.23. The number of allylic oxidation sites excluding steroid dienone is 1. The van der Waals surface area contributed by atoms with Crippen LogP contribution in [0.15, 0.2) is 24.3 Å². The standard InChI is InChI=1S/C27H39N3O7/c1-17(2)29-13-7-4-6-10-20(32)28-16-18(3)36-26(35)21-19-11-12-27(37-19)22(21)24(33)30(23(27)25(29)34)14-8-5-9-15-31/h4,7,11-12,17-19,21-23,31H,5-6,8-10,13-16H2,1-3H3,(H,28,32)/b7-4-/t18-,19+,21-,22-,23+,27-/m0/s1. The molecule has 204 valence electrons. The summed E-state index contributed by atoms with van der Waals surface area (Å²) in [5.41, 5.74) is -1.23. The van der Waals surface area contributed by atoms with Crippen LogP contribution in [0.5, 0.6) is 0 Å². The fraction of sp³-hybridized carbons (Fsp3) is 0.704. The Hall–Kier alpha value is -2.72. The largest absolute Gasteiger partial charge is 0.460 e. The molecule has 4 aliphatic heterocycles. The summed E-state index contributed by atoms with van der Waals surface area (Å²) in [5, 5.41) is 12.0. The number of aliphatic hydroxyl groups is 1. The zero-order valence-corrected chi connectivity index (χ0v) is 21.9. The summed E-state index contributed by atoms with van der Waals surface area (Å²) in [6.07, 6.45) is 8.84. The van der Waals surface area contributed by atoms with Crippen LogP contribution in [0, 0.1) is 11.8 Å². The van der Waals surface area contributed by atoms with Crippen LogP contribution in [-0.4, -0.2) is 94.7 Å². The first kappa shape index (κ1) is 27.3. The van der Waals surface area contributed by atoms with Crippen LogP contribution in [-0.2, 0) is 28.7 Å². The van der Waals surface area contributed by atoms with E-state index in [-0.39, 0.29) is 36.9 Å². The zero-order chi connectivity index (χ0) is 26.7. The van der Waals surface area contributed by atoms with Crippen molar-refractivity contribution in [1.82, 2.24) is 15.1 Å². The van der Waals surface area contributed by atoms with Crippen molar-refractivity contribution >= 4 is 23.7 Å². The number of unbranched alkanes of at least 4 members (excludes halogenated alkanes) is 2. The van der Waals surface area contributed by atoms with Gasteiger partial charge >= 0.3 is 5.97 Å². The number of hydrogen-bond acceptors (Lipinski definition) is 7. The lowest BCUT2D eigenvalue weighted by atomic mass is 9.74. The number of aliphatic hydroxyl groups excluding tert-OH is 1. The van der Waals surface area contributed by atoms with Gasteiger partial charge in [-0.05, 0) is 46.5 Å². The van der Waals surface area contributed by atoms with Crippen molar-refractivity contribution in [1.29, 1.82) is 0 Å². The number of esters is 1. The summed E-state index contributed by atoms with van der Waals surface area (Å²) >= 11 is 0. The molecule has 4 heterocycles.